The van der Waals surface area contributed by atoms with Crippen molar-refractivity contribution in [3.63, 3.8) is 0 Å². The Morgan fingerprint density at radius 2 is 1.31 bits per heavy atom. The van der Waals surface area contributed by atoms with Crippen molar-refractivity contribution in [3.8, 4) is 0 Å². The number of hydrogen-bond acceptors (Lipinski definition) is 7. The van der Waals surface area contributed by atoms with Crippen LogP contribution in [0, 0.1) is 10.8 Å². The molecule has 0 aromatic carbocycles. The third-order valence-corrected chi connectivity index (χ3v) is 6.92. The maximum Gasteiger partial charge on any atom is 0.444 e. The van der Waals surface area contributed by atoms with Crippen molar-refractivity contribution < 1.29 is 33.5 Å². The van der Waals surface area contributed by atoms with E-state index in [4.69, 9.17) is 20.0 Å². The largest absolute Gasteiger partial charge is 0.444 e. The summed E-state index contributed by atoms with van der Waals surface area (Å²) in [6, 6.07) is 0. The van der Waals surface area contributed by atoms with Gasteiger partial charge in [-0.3, -0.25) is 4.79 Å². The lowest BCUT2D eigenvalue weighted by Gasteiger charge is -2.71. The zero-order chi connectivity index (χ0) is 24.0. The van der Waals surface area contributed by atoms with Gasteiger partial charge < -0.3 is 25.4 Å². The molecule has 10 nitrogen and oxygen atoms in total. The average molecular weight is 452 g/mol. The fourth-order valence-corrected chi connectivity index (χ4v) is 5.68. The minimum absolute atomic E-state index is 0.360. The summed E-state index contributed by atoms with van der Waals surface area (Å²) in [5, 5.41) is 3.88. The molecule has 32 heavy (non-hydrogen) atoms. The van der Waals surface area contributed by atoms with E-state index < -0.39 is 57.2 Å². The number of nitrogens with one attached hydrogen (secondary N) is 1. The Bertz CT molecular complexity index is 859. The zero-order valence-electron chi connectivity index (χ0n) is 19.6. The minimum atomic E-state index is -0.773. The van der Waals surface area contributed by atoms with Crippen LogP contribution in [-0.4, -0.2) is 51.4 Å². The third-order valence-electron chi connectivity index (χ3n) is 6.92. The van der Waals surface area contributed by atoms with Gasteiger partial charge in [0.1, 0.15) is 11.2 Å². The fourth-order valence-electron chi connectivity index (χ4n) is 5.68. The van der Waals surface area contributed by atoms with Gasteiger partial charge in [0.05, 0.1) is 16.4 Å². The highest BCUT2D eigenvalue weighted by Gasteiger charge is 2.78. The van der Waals surface area contributed by atoms with E-state index in [-0.39, 0.29) is 0 Å². The molecular formula is C22H33N3O7. The van der Waals surface area contributed by atoms with Crippen molar-refractivity contribution in [2.45, 2.75) is 102 Å². The van der Waals surface area contributed by atoms with Crippen molar-refractivity contribution >= 4 is 24.1 Å². The molecule has 6 aliphatic rings. The van der Waals surface area contributed by atoms with Gasteiger partial charge in [-0.05, 0) is 80.1 Å². The molecule has 6 fully saturated rings. The summed E-state index contributed by atoms with van der Waals surface area (Å²) in [6.45, 7) is 10.5. The van der Waals surface area contributed by atoms with Crippen molar-refractivity contribution in [2.24, 2.45) is 16.6 Å². The highest BCUT2D eigenvalue weighted by atomic mass is 16.8. The van der Waals surface area contributed by atoms with Crippen LogP contribution in [-0.2, 0) is 23.9 Å². The first-order chi connectivity index (χ1) is 14.4. The molecule has 3 amide bonds. The number of nitrogens with zero attached hydrogens (tertiary/aromatic N) is 1. The van der Waals surface area contributed by atoms with Gasteiger partial charge in [0.15, 0.2) is 0 Å². The molecule has 0 heterocycles. The summed E-state index contributed by atoms with van der Waals surface area (Å²) in [5.41, 5.74) is 1.53. The van der Waals surface area contributed by atoms with Crippen LogP contribution in [0.25, 0.3) is 0 Å². The van der Waals surface area contributed by atoms with Crippen LogP contribution in [0.1, 0.15) is 80.1 Å². The number of carbonyl (C=O) groups excluding carboxylic acids is 4. The standard InChI is InChI=1S/C22H33N3O7/c1-17(2,3)30-15(28)24-21-7-20(8-21,9-21)14(27)32-25(16(29)31-18(4,5)6)22-10-19(11-22,12-22)13(23)26/h7-12H2,1-6H3,(H2,23,26)(H,24,28). The van der Waals surface area contributed by atoms with Gasteiger partial charge in [-0.15, -0.1) is 5.06 Å². The van der Waals surface area contributed by atoms with Crippen LogP contribution in [0.4, 0.5) is 9.59 Å². The molecule has 6 rings (SSSR count). The number of hydroxylamine groups is 2. The Balaban J connectivity index is 1.38. The number of rotatable bonds is 4. The number of hydrogen-bond donors (Lipinski definition) is 2. The monoisotopic (exact) mass is 451 g/mol. The maximum atomic E-state index is 13.0. The molecule has 0 unspecified atom stereocenters. The Kier molecular flexibility index (Phi) is 4.45. The van der Waals surface area contributed by atoms with E-state index in [0.29, 0.717) is 38.5 Å². The predicted molar refractivity (Wildman–Crippen MR) is 111 cm³/mol. The van der Waals surface area contributed by atoms with Gasteiger partial charge in [-0.25, -0.2) is 14.4 Å². The quantitative estimate of drug-likeness (QED) is 0.627. The van der Waals surface area contributed by atoms with Crippen molar-refractivity contribution in [1.29, 1.82) is 0 Å². The third kappa shape index (κ3) is 3.47. The van der Waals surface area contributed by atoms with E-state index in [2.05, 4.69) is 5.32 Å². The van der Waals surface area contributed by atoms with Crippen molar-refractivity contribution in [1.82, 2.24) is 10.4 Å². The number of ether oxygens (including phenoxy) is 2. The molecule has 0 radical (unpaired) electrons. The lowest BCUT2D eigenvalue weighted by molar-refractivity contribution is -0.308. The Morgan fingerprint density at radius 3 is 1.75 bits per heavy atom. The summed E-state index contributed by atoms with van der Waals surface area (Å²) in [5.74, 6) is -0.918. The minimum Gasteiger partial charge on any atom is -0.444 e. The van der Waals surface area contributed by atoms with Crippen molar-refractivity contribution in [3.05, 3.63) is 0 Å². The van der Waals surface area contributed by atoms with Gasteiger partial charge in [0.25, 0.3) is 0 Å². The molecule has 0 spiro atoms. The molecule has 0 aliphatic heterocycles. The molecule has 10 heteroatoms. The van der Waals surface area contributed by atoms with E-state index in [0.717, 1.165) is 5.06 Å². The first-order valence-electron chi connectivity index (χ1n) is 11.0. The smallest absolute Gasteiger partial charge is 0.444 e. The average Bonchev–Trinajstić information content (AvgIpc) is 2.41. The van der Waals surface area contributed by atoms with Gasteiger partial charge in [-0.1, -0.05) is 0 Å². The zero-order valence-corrected chi connectivity index (χ0v) is 19.6. The summed E-state index contributed by atoms with van der Waals surface area (Å²) in [4.78, 5) is 55.3. The second-order valence-corrected chi connectivity index (χ2v) is 12.3. The topological polar surface area (TPSA) is 137 Å². The molecule has 0 aromatic rings. The van der Waals surface area contributed by atoms with Gasteiger partial charge in [-0.2, -0.15) is 0 Å². The lowest BCUT2D eigenvalue weighted by Crippen LogP contribution is -2.80. The van der Waals surface area contributed by atoms with Crippen molar-refractivity contribution in [2.75, 3.05) is 0 Å². The first-order valence-corrected chi connectivity index (χ1v) is 11.0. The van der Waals surface area contributed by atoms with E-state index in [1.807, 2.05) is 0 Å². The predicted octanol–water partition coefficient (Wildman–Crippen LogP) is 2.54. The highest BCUT2D eigenvalue weighted by molar-refractivity contribution is 5.88. The fraction of sp³-hybridized carbons (Fsp3) is 0.818. The number of alkyl carbamates (subject to hydrolysis) is 1. The molecular weight excluding hydrogens is 418 g/mol. The molecule has 3 N–H and O–H groups in total. The van der Waals surface area contributed by atoms with Gasteiger partial charge in [0, 0.05) is 5.54 Å². The highest BCUT2D eigenvalue weighted by Crippen LogP contribution is 2.71. The molecule has 6 aliphatic carbocycles. The van der Waals surface area contributed by atoms with Crippen LogP contribution in [0.5, 0.6) is 0 Å². The number of carbonyl (C=O) groups is 4. The molecule has 178 valence electrons. The number of nitrogens with two attached hydrogens (primary N) is 1. The molecule has 0 aromatic heterocycles. The van der Waals surface area contributed by atoms with E-state index in [1.54, 1.807) is 41.5 Å². The van der Waals surface area contributed by atoms with Crippen LogP contribution >= 0.6 is 0 Å². The second-order valence-electron chi connectivity index (χ2n) is 12.3. The molecule has 0 atom stereocenters. The maximum absolute atomic E-state index is 13.0. The Labute approximate surface area is 187 Å². The molecule has 4 bridgehead atoms. The molecule has 6 saturated carbocycles. The summed E-state index contributed by atoms with van der Waals surface area (Å²) >= 11 is 0. The van der Waals surface area contributed by atoms with Crippen LogP contribution in [0.15, 0.2) is 0 Å². The van der Waals surface area contributed by atoms with Gasteiger partial charge in [0.2, 0.25) is 5.91 Å². The normalized spacial score (nSPS) is 36.2. The van der Waals surface area contributed by atoms with Gasteiger partial charge >= 0.3 is 18.2 Å². The number of primary amides is 1. The summed E-state index contributed by atoms with van der Waals surface area (Å²) in [6.07, 6.45) is 1.10. The summed E-state index contributed by atoms with van der Waals surface area (Å²) in [7, 11) is 0. The SMILES string of the molecule is CC(C)(C)OC(=O)NC12CC(C(=O)ON(C(=O)OC(C)(C)C)C34CC(C(N)=O)(C3)C4)(C1)C2. The molecule has 0 saturated heterocycles. The Hall–Kier alpha value is -2.52. The Morgan fingerprint density at radius 1 is 0.812 bits per heavy atom. The van der Waals surface area contributed by atoms with Crippen LogP contribution in [0.3, 0.4) is 0 Å². The first kappa shape index (κ1) is 22.7. The lowest BCUT2D eigenvalue weighted by atomic mass is 9.38. The number of amides is 3. The van der Waals surface area contributed by atoms with Crippen LogP contribution in [0.2, 0.25) is 0 Å². The van der Waals surface area contributed by atoms with E-state index in [9.17, 15) is 19.2 Å². The second kappa shape index (κ2) is 6.29. The van der Waals surface area contributed by atoms with Crippen LogP contribution < -0.4 is 11.1 Å². The van der Waals surface area contributed by atoms with E-state index in [1.165, 1.54) is 0 Å². The van der Waals surface area contributed by atoms with E-state index >= 15 is 0 Å². The summed E-state index contributed by atoms with van der Waals surface area (Å²) < 4.78 is 10.8.